The van der Waals surface area contributed by atoms with Crippen LogP contribution in [-0.4, -0.2) is 45.5 Å². The Morgan fingerprint density at radius 2 is 1.59 bits per heavy atom. The van der Waals surface area contributed by atoms with E-state index in [9.17, 15) is 8.42 Å². The molecule has 0 aliphatic carbocycles. The minimum Gasteiger partial charge on any atom is -0.494 e. The van der Waals surface area contributed by atoms with Gasteiger partial charge in [0.15, 0.2) is 0 Å². The Bertz CT molecular complexity index is 831. The average Bonchev–Trinajstić information content (AvgIpc) is 2.69. The van der Waals surface area contributed by atoms with Gasteiger partial charge in [-0.2, -0.15) is 4.31 Å². The van der Waals surface area contributed by atoms with Crippen molar-refractivity contribution in [3.63, 3.8) is 0 Å². The van der Waals surface area contributed by atoms with Gasteiger partial charge in [0, 0.05) is 36.9 Å². The third-order valence-electron chi connectivity index (χ3n) is 4.66. The lowest BCUT2D eigenvalue weighted by Crippen LogP contribution is -2.48. The van der Waals surface area contributed by atoms with Crippen molar-refractivity contribution in [2.75, 3.05) is 37.7 Å². The molecule has 146 valence electrons. The van der Waals surface area contributed by atoms with E-state index in [4.69, 9.17) is 16.3 Å². The number of unbranched alkanes of at least 4 members (excludes halogenated alkanes) is 1. The number of rotatable bonds is 7. The van der Waals surface area contributed by atoms with Crippen molar-refractivity contribution < 1.29 is 13.2 Å². The molecule has 0 atom stereocenters. The van der Waals surface area contributed by atoms with E-state index in [-0.39, 0.29) is 0 Å². The Morgan fingerprint density at radius 3 is 2.19 bits per heavy atom. The van der Waals surface area contributed by atoms with Crippen molar-refractivity contribution in [3.8, 4) is 5.75 Å². The lowest BCUT2D eigenvalue weighted by atomic mass is 10.2. The van der Waals surface area contributed by atoms with Crippen LogP contribution in [0, 0.1) is 0 Å². The van der Waals surface area contributed by atoms with Crippen LogP contribution >= 0.6 is 11.6 Å². The van der Waals surface area contributed by atoms with Gasteiger partial charge in [-0.1, -0.05) is 24.9 Å². The predicted octanol–water partition coefficient (Wildman–Crippen LogP) is 4.03. The molecule has 1 fully saturated rings. The summed E-state index contributed by atoms with van der Waals surface area (Å²) >= 11 is 5.93. The van der Waals surface area contributed by atoms with Crippen LogP contribution < -0.4 is 9.64 Å². The summed E-state index contributed by atoms with van der Waals surface area (Å²) in [5.74, 6) is 0.704. The van der Waals surface area contributed by atoms with Gasteiger partial charge in [-0.3, -0.25) is 0 Å². The molecule has 3 rings (SSSR count). The van der Waals surface area contributed by atoms with Crippen LogP contribution in [-0.2, 0) is 10.0 Å². The largest absolute Gasteiger partial charge is 0.494 e. The van der Waals surface area contributed by atoms with Crippen molar-refractivity contribution in [3.05, 3.63) is 53.6 Å². The lowest BCUT2D eigenvalue weighted by Gasteiger charge is -2.35. The number of hydrogen-bond acceptors (Lipinski definition) is 4. The number of anilines is 1. The molecular weight excluding hydrogens is 384 g/mol. The number of halogens is 1. The van der Waals surface area contributed by atoms with Crippen molar-refractivity contribution in [2.24, 2.45) is 0 Å². The first-order chi connectivity index (χ1) is 13.0. The highest BCUT2D eigenvalue weighted by Gasteiger charge is 2.28. The lowest BCUT2D eigenvalue weighted by molar-refractivity contribution is 0.309. The van der Waals surface area contributed by atoms with E-state index in [1.54, 1.807) is 28.6 Å². The van der Waals surface area contributed by atoms with Crippen LogP contribution in [0.2, 0.25) is 5.02 Å². The number of piperazine rings is 1. The highest BCUT2D eigenvalue weighted by Crippen LogP contribution is 2.24. The molecule has 27 heavy (non-hydrogen) atoms. The Balaban J connectivity index is 1.61. The number of hydrogen-bond donors (Lipinski definition) is 0. The topological polar surface area (TPSA) is 49.9 Å². The zero-order valence-corrected chi connectivity index (χ0v) is 17.0. The molecule has 0 N–H and O–H groups in total. The van der Waals surface area contributed by atoms with Gasteiger partial charge in [0.25, 0.3) is 0 Å². The van der Waals surface area contributed by atoms with Gasteiger partial charge >= 0.3 is 0 Å². The monoisotopic (exact) mass is 408 g/mol. The third kappa shape index (κ3) is 4.94. The molecule has 0 saturated carbocycles. The fraction of sp³-hybridized carbons (Fsp3) is 0.400. The van der Waals surface area contributed by atoms with E-state index in [1.807, 2.05) is 24.3 Å². The Kier molecular flexibility index (Phi) is 6.63. The average molecular weight is 409 g/mol. The normalized spacial score (nSPS) is 15.7. The van der Waals surface area contributed by atoms with Gasteiger partial charge in [-0.25, -0.2) is 8.42 Å². The number of sulfonamides is 1. The maximum Gasteiger partial charge on any atom is 0.243 e. The van der Waals surface area contributed by atoms with Gasteiger partial charge in [-0.15, -0.1) is 0 Å². The quantitative estimate of drug-likeness (QED) is 0.649. The van der Waals surface area contributed by atoms with Gasteiger partial charge in [0.1, 0.15) is 5.75 Å². The predicted molar refractivity (Wildman–Crippen MR) is 109 cm³/mol. The van der Waals surface area contributed by atoms with E-state index in [1.165, 1.54) is 0 Å². The Morgan fingerprint density at radius 1 is 0.963 bits per heavy atom. The minimum atomic E-state index is -3.49. The molecule has 2 aromatic carbocycles. The zero-order chi connectivity index (χ0) is 19.3. The Hall–Kier alpha value is -1.76. The molecule has 0 bridgehead atoms. The highest BCUT2D eigenvalue weighted by atomic mass is 35.5. The van der Waals surface area contributed by atoms with E-state index in [0.29, 0.717) is 48.5 Å². The summed E-state index contributed by atoms with van der Waals surface area (Å²) in [6.07, 6.45) is 2.05. The van der Waals surface area contributed by atoms with E-state index in [0.717, 1.165) is 18.5 Å². The molecule has 1 aliphatic heterocycles. The minimum absolute atomic E-state index is 0.310. The molecule has 0 radical (unpaired) electrons. The zero-order valence-electron chi connectivity index (χ0n) is 15.5. The van der Waals surface area contributed by atoms with Crippen LogP contribution in [0.1, 0.15) is 19.8 Å². The van der Waals surface area contributed by atoms with Crippen LogP contribution in [0.5, 0.6) is 5.75 Å². The molecule has 5 nitrogen and oxygen atoms in total. The van der Waals surface area contributed by atoms with Gasteiger partial charge in [0.05, 0.1) is 11.5 Å². The summed E-state index contributed by atoms with van der Waals surface area (Å²) < 4.78 is 32.9. The van der Waals surface area contributed by atoms with Gasteiger partial charge in [0.2, 0.25) is 10.0 Å². The molecular formula is C20H25ClN2O3S. The first-order valence-electron chi connectivity index (χ1n) is 9.24. The second-order valence-corrected chi connectivity index (χ2v) is 8.92. The second kappa shape index (κ2) is 8.95. The summed E-state index contributed by atoms with van der Waals surface area (Å²) in [6.45, 7) is 4.97. The number of benzene rings is 2. The molecule has 1 saturated heterocycles. The van der Waals surface area contributed by atoms with Crippen LogP contribution in [0.25, 0.3) is 0 Å². The fourth-order valence-electron chi connectivity index (χ4n) is 3.03. The first-order valence-corrected chi connectivity index (χ1v) is 11.1. The summed E-state index contributed by atoms with van der Waals surface area (Å²) in [4.78, 5) is 2.48. The summed E-state index contributed by atoms with van der Waals surface area (Å²) in [6, 6.07) is 14.3. The van der Waals surface area contributed by atoms with E-state index < -0.39 is 10.0 Å². The first kappa shape index (κ1) is 20.0. The molecule has 2 aromatic rings. The maximum absolute atomic E-state index is 12.9. The van der Waals surface area contributed by atoms with Gasteiger partial charge < -0.3 is 9.64 Å². The van der Waals surface area contributed by atoms with Crippen LogP contribution in [0.4, 0.5) is 5.69 Å². The van der Waals surface area contributed by atoms with Crippen molar-refractivity contribution >= 4 is 27.3 Å². The molecule has 0 spiro atoms. The summed E-state index contributed by atoms with van der Waals surface area (Å²) in [5, 5.41) is 0.696. The molecule has 1 aliphatic rings. The molecule has 1 heterocycles. The second-order valence-electron chi connectivity index (χ2n) is 6.54. The highest BCUT2D eigenvalue weighted by molar-refractivity contribution is 7.89. The van der Waals surface area contributed by atoms with Crippen molar-refractivity contribution in [1.29, 1.82) is 0 Å². The summed E-state index contributed by atoms with van der Waals surface area (Å²) in [5.41, 5.74) is 1.06. The van der Waals surface area contributed by atoms with E-state index >= 15 is 0 Å². The van der Waals surface area contributed by atoms with Crippen molar-refractivity contribution in [2.45, 2.75) is 24.7 Å². The fourth-order valence-corrected chi connectivity index (χ4v) is 4.58. The number of ether oxygens (including phenoxy) is 1. The summed E-state index contributed by atoms with van der Waals surface area (Å²) in [7, 11) is -3.49. The van der Waals surface area contributed by atoms with Gasteiger partial charge in [-0.05, 0) is 55.0 Å². The van der Waals surface area contributed by atoms with Crippen molar-refractivity contribution in [1.82, 2.24) is 4.31 Å². The molecule has 0 aromatic heterocycles. The maximum atomic E-state index is 12.9. The molecule has 7 heteroatoms. The van der Waals surface area contributed by atoms with Crippen LogP contribution in [0.3, 0.4) is 0 Å². The Labute approximate surface area is 166 Å². The molecule has 0 unspecified atom stereocenters. The standard InChI is InChI=1S/C20H25ClN2O3S/c1-2-3-16-26-19-8-10-20(11-9-19)27(24,25)23-14-12-22(13-15-23)18-6-4-17(21)5-7-18/h4-11H,2-3,12-16H2,1H3. The molecule has 0 amide bonds. The smallest absolute Gasteiger partial charge is 0.243 e. The SMILES string of the molecule is CCCCOc1ccc(S(=O)(=O)N2CCN(c3ccc(Cl)cc3)CC2)cc1. The third-order valence-corrected chi connectivity index (χ3v) is 6.82. The van der Waals surface area contributed by atoms with E-state index in [2.05, 4.69) is 11.8 Å². The van der Waals surface area contributed by atoms with Crippen LogP contribution in [0.15, 0.2) is 53.4 Å². The number of nitrogens with zero attached hydrogens (tertiary/aromatic N) is 2.